The molecule has 1 nitrogen and oxygen atoms in total. The number of hydrogen-bond acceptors (Lipinski definition) is 1. The second-order valence-electron chi connectivity index (χ2n) is 7.12. The van der Waals surface area contributed by atoms with Crippen LogP contribution in [-0.4, -0.2) is 12.7 Å². The van der Waals surface area contributed by atoms with E-state index in [1.807, 2.05) is 0 Å². The van der Waals surface area contributed by atoms with E-state index in [1.54, 1.807) is 0 Å². The van der Waals surface area contributed by atoms with Crippen LogP contribution in [0.5, 0.6) is 0 Å². The Bertz CT molecular complexity index is 728. The SMILES string of the molecule is Cl.NCCCCCCP(Br)(c1ccccc1)(c1ccccc1)c1ccccc1. The number of nitrogens with two attached hydrogens (primary N) is 1. The number of halogens is 2. The quantitative estimate of drug-likeness (QED) is 0.307. The first-order valence-corrected chi connectivity index (χ1v) is 14.2. The van der Waals surface area contributed by atoms with Crippen molar-refractivity contribution < 1.29 is 0 Å². The minimum atomic E-state index is -2.71. The first-order chi connectivity index (χ1) is 13.2. The van der Waals surface area contributed by atoms with Gasteiger partial charge in [0.25, 0.3) is 0 Å². The molecule has 0 aliphatic carbocycles. The van der Waals surface area contributed by atoms with Crippen LogP contribution >= 0.6 is 33.2 Å². The van der Waals surface area contributed by atoms with Gasteiger partial charge in [-0.2, -0.15) is 0 Å². The molecule has 0 bridgehead atoms. The Hall–Kier alpha value is -1.18. The number of hydrogen-bond donors (Lipinski definition) is 1. The maximum absolute atomic E-state index is 5.69. The summed E-state index contributed by atoms with van der Waals surface area (Å²) in [5.74, 6) is 0. The molecule has 0 aromatic heterocycles. The zero-order valence-electron chi connectivity index (χ0n) is 16.2. The average molecular weight is 479 g/mol. The minimum absolute atomic E-state index is 0. The van der Waals surface area contributed by atoms with Crippen LogP contribution in [0.1, 0.15) is 25.7 Å². The Kier molecular flexibility index (Phi) is 8.71. The number of unbranched alkanes of at least 4 members (excludes halogenated alkanes) is 3. The van der Waals surface area contributed by atoms with E-state index in [1.165, 1.54) is 35.2 Å². The molecule has 0 fully saturated rings. The summed E-state index contributed by atoms with van der Waals surface area (Å²) in [5, 5.41) is 1.49. The van der Waals surface area contributed by atoms with E-state index in [4.69, 9.17) is 5.73 Å². The molecule has 0 heterocycles. The zero-order valence-corrected chi connectivity index (χ0v) is 19.5. The van der Waals surface area contributed by atoms with Crippen LogP contribution in [-0.2, 0) is 0 Å². The van der Waals surface area contributed by atoms with Crippen LogP contribution in [0.2, 0.25) is 0 Å². The van der Waals surface area contributed by atoms with Crippen molar-refractivity contribution in [3.8, 4) is 0 Å². The Balaban J connectivity index is 0.00000280. The molecular formula is C24H30BrClNP. The summed E-state index contributed by atoms with van der Waals surface area (Å²) >= 11 is 4.49. The third-order valence-corrected chi connectivity index (χ3v) is 15.4. The van der Waals surface area contributed by atoms with Gasteiger partial charge in [-0.05, 0) is 0 Å². The first-order valence-electron chi connectivity index (χ1n) is 9.80. The molecule has 0 spiro atoms. The normalized spacial score (nSPS) is 12.6. The van der Waals surface area contributed by atoms with Crippen molar-refractivity contribution in [3.05, 3.63) is 91.0 Å². The van der Waals surface area contributed by atoms with Gasteiger partial charge in [0.15, 0.2) is 0 Å². The molecule has 0 radical (unpaired) electrons. The average Bonchev–Trinajstić information content (AvgIpc) is 2.75. The summed E-state index contributed by atoms with van der Waals surface area (Å²) in [7, 11) is 0. The van der Waals surface area contributed by atoms with Crippen LogP contribution < -0.4 is 21.6 Å². The van der Waals surface area contributed by atoms with Gasteiger partial charge in [0.05, 0.1) is 0 Å². The molecule has 4 heteroatoms. The summed E-state index contributed by atoms with van der Waals surface area (Å²) in [4.78, 5) is 0. The fourth-order valence-corrected chi connectivity index (χ4v) is 11.7. The summed E-state index contributed by atoms with van der Waals surface area (Å²) in [6.45, 7) is 0.786. The van der Waals surface area contributed by atoms with Gasteiger partial charge in [0, 0.05) is 0 Å². The maximum atomic E-state index is 5.69. The van der Waals surface area contributed by atoms with E-state index < -0.39 is 5.31 Å². The molecule has 2 N–H and O–H groups in total. The Morgan fingerprint density at radius 2 is 0.929 bits per heavy atom. The molecule has 3 aromatic rings. The van der Waals surface area contributed by atoms with Crippen molar-refractivity contribution >= 4 is 49.1 Å². The van der Waals surface area contributed by atoms with E-state index in [2.05, 4.69) is 106 Å². The Morgan fingerprint density at radius 3 is 1.29 bits per heavy atom. The van der Waals surface area contributed by atoms with Crippen LogP contribution in [0.4, 0.5) is 0 Å². The standard InChI is InChI=1S/C24H29BrNP.ClH/c25-27(21-13-2-1-12-20-26,22-14-6-3-7-15-22,23-16-8-4-9-17-23)24-18-10-5-11-19-24;/h3-11,14-19H,1-2,12-13,20-21,26H2;1H. The second kappa shape index (κ2) is 10.6. The van der Waals surface area contributed by atoms with Crippen molar-refractivity contribution in [1.29, 1.82) is 0 Å². The molecule has 150 valence electrons. The Morgan fingerprint density at radius 1 is 0.571 bits per heavy atom. The van der Waals surface area contributed by atoms with E-state index in [0.29, 0.717) is 0 Å². The van der Waals surface area contributed by atoms with Gasteiger partial charge in [0.1, 0.15) is 0 Å². The molecule has 0 aliphatic heterocycles. The molecule has 0 amide bonds. The van der Waals surface area contributed by atoms with Gasteiger partial charge in [-0.15, -0.1) is 12.4 Å². The number of benzene rings is 3. The predicted molar refractivity (Wildman–Crippen MR) is 134 cm³/mol. The van der Waals surface area contributed by atoms with Gasteiger partial charge < -0.3 is 0 Å². The molecule has 0 saturated carbocycles. The molecule has 3 aromatic carbocycles. The van der Waals surface area contributed by atoms with Crippen molar-refractivity contribution in [2.24, 2.45) is 5.73 Å². The van der Waals surface area contributed by atoms with E-state index in [0.717, 1.165) is 19.1 Å². The van der Waals surface area contributed by atoms with Crippen LogP contribution in [0, 0.1) is 0 Å². The molecule has 0 saturated heterocycles. The predicted octanol–water partition coefficient (Wildman–Crippen LogP) is 5.77. The Labute approximate surface area is 183 Å². The summed E-state index contributed by atoms with van der Waals surface area (Å²) < 4.78 is 0. The van der Waals surface area contributed by atoms with Crippen LogP contribution in [0.25, 0.3) is 0 Å². The zero-order chi connectivity index (χ0) is 19.0. The van der Waals surface area contributed by atoms with E-state index in [-0.39, 0.29) is 12.4 Å². The van der Waals surface area contributed by atoms with E-state index >= 15 is 0 Å². The van der Waals surface area contributed by atoms with Crippen molar-refractivity contribution in [3.63, 3.8) is 0 Å². The third-order valence-electron chi connectivity index (χ3n) is 5.42. The molecule has 28 heavy (non-hydrogen) atoms. The first kappa shape index (κ1) is 23.1. The van der Waals surface area contributed by atoms with Gasteiger partial charge in [-0.3, -0.25) is 0 Å². The van der Waals surface area contributed by atoms with E-state index in [9.17, 15) is 0 Å². The third kappa shape index (κ3) is 4.52. The van der Waals surface area contributed by atoms with Crippen molar-refractivity contribution in [1.82, 2.24) is 0 Å². The molecule has 3 rings (SSSR count). The van der Waals surface area contributed by atoms with Gasteiger partial charge in [0.2, 0.25) is 0 Å². The van der Waals surface area contributed by atoms with Gasteiger partial charge in [-0.1, -0.05) is 0 Å². The monoisotopic (exact) mass is 477 g/mol. The second-order valence-corrected chi connectivity index (χ2v) is 16.2. The summed E-state index contributed by atoms with van der Waals surface area (Å²) in [5.41, 5.74) is 5.69. The summed E-state index contributed by atoms with van der Waals surface area (Å²) in [6.07, 6.45) is 5.83. The summed E-state index contributed by atoms with van der Waals surface area (Å²) in [6, 6.07) is 33.1. The molecule has 0 atom stereocenters. The van der Waals surface area contributed by atoms with Gasteiger partial charge >= 0.3 is 172 Å². The molecule has 0 aliphatic rings. The van der Waals surface area contributed by atoms with Crippen molar-refractivity contribution in [2.45, 2.75) is 25.7 Å². The molecule has 0 unspecified atom stereocenters. The number of rotatable bonds is 9. The fraction of sp³-hybridized carbons (Fsp3) is 0.250. The van der Waals surface area contributed by atoms with Gasteiger partial charge in [-0.25, -0.2) is 0 Å². The fourth-order valence-electron chi connectivity index (χ4n) is 3.96. The topological polar surface area (TPSA) is 26.0 Å². The van der Waals surface area contributed by atoms with Crippen LogP contribution in [0.15, 0.2) is 91.0 Å². The van der Waals surface area contributed by atoms with Crippen LogP contribution in [0.3, 0.4) is 0 Å². The van der Waals surface area contributed by atoms with Crippen molar-refractivity contribution in [2.75, 3.05) is 12.7 Å². The molecular weight excluding hydrogens is 449 g/mol.